The Morgan fingerprint density at radius 1 is 0.222 bits per heavy atom. The van der Waals surface area contributed by atoms with Crippen LogP contribution in [-0.4, -0.2) is 0 Å². The van der Waals surface area contributed by atoms with E-state index in [1.807, 2.05) is 0 Å². The van der Waals surface area contributed by atoms with Crippen LogP contribution in [0.5, 0.6) is 0 Å². The second-order valence-electron chi connectivity index (χ2n) is 0. The van der Waals surface area contributed by atoms with Crippen molar-refractivity contribution in [2.24, 2.45) is 0 Å². The van der Waals surface area contributed by atoms with Crippen LogP contribution in [-0.2, 0) is 21.1 Å². The van der Waals surface area contributed by atoms with Crippen LogP contribution in [0.2, 0.25) is 0 Å². The molecule has 0 unspecified atom stereocenters. The van der Waals surface area contributed by atoms with Gasteiger partial charge in [0, 0.05) is 21.1 Å². The fourth-order valence-corrected chi connectivity index (χ4v) is 0. The molecule has 0 spiro atoms. The summed E-state index contributed by atoms with van der Waals surface area (Å²) in [5.41, 5.74) is 0. The summed E-state index contributed by atoms with van der Waals surface area (Å²) >= 11 is 0. The fourth-order valence-electron chi connectivity index (χ4n) is 0. The molecule has 0 N–H and O–H groups in total. The molecule has 70 valence electrons. The molecule has 0 saturated carbocycles. The van der Waals surface area contributed by atoms with Gasteiger partial charge in [-0.15, -0.1) is 0 Å². The largest absolute Gasteiger partial charge is 1.00 e. The molecule has 0 bridgehead atoms. The molecule has 9 heavy (non-hydrogen) atoms. The van der Waals surface area contributed by atoms with Crippen LogP contribution in [0.1, 0.15) is 0 Å². The first kappa shape index (κ1) is 36600. The molecule has 0 aromatic rings. The third-order valence-corrected chi connectivity index (χ3v) is 0. The maximum Gasteiger partial charge on any atom is 0 e. The first-order valence-corrected chi connectivity index (χ1v) is 0. The summed E-state index contributed by atoms with van der Waals surface area (Å²) in [5.74, 6) is 0. The zero-order valence-electron chi connectivity index (χ0n) is 3.43. The molecule has 0 aromatic carbocycles. The van der Waals surface area contributed by atoms with Gasteiger partial charge in [0.15, 0.2) is 0 Å². The van der Waals surface area contributed by atoms with E-state index in [1.54, 1.807) is 0 Å². The van der Waals surface area contributed by atoms with Gasteiger partial charge in [-0.25, -0.2) is 0 Å². The van der Waals surface area contributed by atoms with Crippen LogP contribution in [0.3, 0.4) is 0 Å². The van der Waals surface area contributed by atoms with Gasteiger partial charge in [0.1, 0.15) is 0 Å². The molecule has 0 nitrogen and oxygen atoms in total. The number of hydrogen-bond donors (Lipinski definition) is 0. The summed E-state index contributed by atoms with van der Waals surface area (Å²) in [4.78, 5) is 0. The van der Waals surface area contributed by atoms with E-state index in [2.05, 4.69) is 0 Å². The summed E-state index contributed by atoms with van der Waals surface area (Å²) in [5, 5.41) is 0. The van der Waals surface area contributed by atoms with Crippen LogP contribution in [0.4, 0.5) is 0 Å². The third-order valence-electron chi connectivity index (χ3n) is 0. The van der Waals surface area contributed by atoms with Gasteiger partial charge in [-0.2, -0.15) is 0 Å². The Kier molecular flexibility index (Phi) is 102000000. The van der Waals surface area contributed by atoms with Gasteiger partial charge in [0.25, 0.3) is 0 Å². The quantitative estimate of drug-likeness (QED) is 0.295. The van der Waals surface area contributed by atoms with Crippen molar-refractivity contribution in [3.05, 3.63) is 0 Å². The van der Waals surface area contributed by atoms with E-state index in [-0.39, 0.29) is 58.7 Å². The third kappa shape index (κ3) is 18500. The molecule has 9 heteroatoms. The van der Waals surface area contributed by atoms with Crippen molar-refractivity contribution in [2.45, 2.75) is 0 Å². The SMILES string of the molecule is [F-].[F-].[F-].[F-].[F-].[F-].[F-].[F-].[Mo]. The molecule has 0 rings (SSSR count). The molecular formula is F8Mo-8. The van der Waals surface area contributed by atoms with Crippen LogP contribution in [0, 0.1) is 0 Å². The molecule has 0 aliphatic rings. The maximum absolute atomic E-state index is 0. The van der Waals surface area contributed by atoms with Crippen molar-refractivity contribution in [1.82, 2.24) is 0 Å². The second-order valence-corrected chi connectivity index (χ2v) is 0. The molecule has 0 heterocycles. The van der Waals surface area contributed by atoms with E-state index in [4.69, 9.17) is 0 Å². The standard InChI is InChI=1S/8FH.Mo/h8*1H;/p-8. The molecule has 0 amide bonds. The van der Waals surface area contributed by atoms with Gasteiger partial charge < -0.3 is 37.6 Å². The van der Waals surface area contributed by atoms with Gasteiger partial charge in [0.2, 0.25) is 0 Å². The van der Waals surface area contributed by atoms with Crippen LogP contribution in [0.15, 0.2) is 0 Å². The van der Waals surface area contributed by atoms with Crippen molar-refractivity contribution in [3.63, 3.8) is 0 Å². The molecule has 0 atom stereocenters. The maximum atomic E-state index is 0. The van der Waals surface area contributed by atoms with Crippen LogP contribution >= 0.6 is 0 Å². The summed E-state index contributed by atoms with van der Waals surface area (Å²) in [6, 6.07) is 0. The zero-order chi connectivity index (χ0) is 0. The van der Waals surface area contributed by atoms with E-state index in [1.165, 1.54) is 0 Å². The van der Waals surface area contributed by atoms with Gasteiger partial charge in [-0.1, -0.05) is 0 Å². The number of hydrogen-bond acceptors (Lipinski definition) is 0. The topological polar surface area (TPSA) is 0 Å². The first-order valence-electron chi connectivity index (χ1n) is 0. The fraction of sp³-hybridized carbons (Fsp3) is 0. The molecule has 0 fully saturated rings. The summed E-state index contributed by atoms with van der Waals surface area (Å²) < 4.78 is 0. The van der Waals surface area contributed by atoms with E-state index >= 15 is 0 Å². The molecular weight excluding hydrogens is 248 g/mol. The number of halogens is 8. The number of rotatable bonds is 0. The summed E-state index contributed by atoms with van der Waals surface area (Å²) in [7, 11) is 0. The molecule has 0 radical (unpaired) electrons. The first-order chi connectivity index (χ1) is 0. The summed E-state index contributed by atoms with van der Waals surface area (Å²) in [6.45, 7) is 0. The predicted octanol–water partition coefficient (Wildman–Crippen LogP) is -24.0. The van der Waals surface area contributed by atoms with Gasteiger partial charge in [0.05, 0.1) is 0 Å². The Labute approximate surface area is 59.6 Å². The van der Waals surface area contributed by atoms with Crippen LogP contribution in [0.25, 0.3) is 0 Å². The van der Waals surface area contributed by atoms with Gasteiger partial charge in [-0.3, -0.25) is 0 Å². The zero-order valence-corrected chi connectivity index (χ0v) is 5.44. The average Bonchev–Trinajstić information content (AvgIpc) is 0. The summed E-state index contributed by atoms with van der Waals surface area (Å²) in [6.07, 6.45) is 0. The molecule has 0 saturated heterocycles. The Morgan fingerprint density at radius 3 is 0.222 bits per heavy atom. The molecule has 0 aromatic heterocycles. The molecule has 0 aliphatic heterocycles. The second kappa shape index (κ2) is 25100. The predicted molar refractivity (Wildman–Crippen MR) is 0 cm³/mol. The van der Waals surface area contributed by atoms with Crippen molar-refractivity contribution in [1.29, 1.82) is 0 Å². The van der Waals surface area contributed by atoms with Crippen molar-refractivity contribution < 1.29 is 58.7 Å². The van der Waals surface area contributed by atoms with Crippen molar-refractivity contribution in [2.75, 3.05) is 0 Å². The minimum absolute atomic E-state index is 0. The van der Waals surface area contributed by atoms with E-state index in [0.29, 0.717) is 0 Å². The normalized spacial score (nSPS) is 0. The monoisotopic (exact) mass is 250 g/mol. The van der Waals surface area contributed by atoms with E-state index < -0.39 is 0 Å². The van der Waals surface area contributed by atoms with Crippen LogP contribution < -0.4 is 37.6 Å². The minimum Gasteiger partial charge on any atom is -1.00 e. The Hall–Kier alpha value is 0.128. The Bertz CT molecular complexity index is 4.53. The van der Waals surface area contributed by atoms with Gasteiger partial charge in [-0.05, 0) is 0 Å². The van der Waals surface area contributed by atoms with Crippen molar-refractivity contribution >= 4 is 0 Å². The Morgan fingerprint density at radius 2 is 0.222 bits per heavy atom. The van der Waals surface area contributed by atoms with E-state index in [9.17, 15) is 0 Å². The molecule has 0 aliphatic carbocycles. The smallest absolute Gasteiger partial charge is 0 e. The minimum atomic E-state index is 0. The average molecular weight is 248 g/mol. The Balaban J connectivity index is 0. The van der Waals surface area contributed by atoms with Gasteiger partial charge >= 0.3 is 0 Å². The van der Waals surface area contributed by atoms with Crippen molar-refractivity contribution in [3.8, 4) is 0 Å². The van der Waals surface area contributed by atoms with E-state index in [0.717, 1.165) is 0 Å².